The zero-order valence-corrected chi connectivity index (χ0v) is 12.7. The minimum atomic E-state index is -3.25. The van der Waals surface area contributed by atoms with Crippen LogP contribution in [0.1, 0.15) is 12.8 Å². The molecule has 104 valence electrons. The Labute approximate surface area is 121 Å². The average molecular weight is 347 g/mol. The normalized spacial score (nSPS) is 19.0. The highest BCUT2D eigenvalue weighted by atomic mass is 79.9. The molecule has 1 fully saturated rings. The van der Waals surface area contributed by atoms with E-state index < -0.39 is 10.0 Å². The number of rotatable bonds is 3. The van der Waals surface area contributed by atoms with Crippen molar-refractivity contribution in [2.24, 2.45) is 0 Å². The van der Waals surface area contributed by atoms with Crippen molar-refractivity contribution >= 4 is 37.5 Å². The Morgan fingerprint density at radius 3 is 2.58 bits per heavy atom. The van der Waals surface area contributed by atoms with Gasteiger partial charge in [-0.3, -0.25) is 4.79 Å². The van der Waals surface area contributed by atoms with Gasteiger partial charge in [0.2, 0.25) is 15.9 Å². The molecule has 0 saturated carbocycles. The van der Waals surface area contributed by atoms with Gasteiger partial charge in [0.1, 0.15) is 0 Å². The van der Waals surface area contributed by atoms with Crippen molar-refractivity contribution in [3.63, 3.8) is 0 Å². The Hall–Kier alpha value is -0.920. The molecule has 0 unspecified atom stereocenters. The Bertz CT molecular complexity index is 557. The topological polar surface area (TPSA) is 66.5 Å². The molecule has 0 bridgehead atoms. The van der Waals surface area contributed by atoms with Gasteiger partial charge in [-0.1, -0.05) is 15.9 Å². The van der Waals surface area contributed by atoms with Crippen LogP contribution in [0.3, 0.4) is 0 Å². The SMILES string of the molecule is O=C(CN1CCCCS1(=O)=O)Nc1ccc(Br)cc1. The summed E-state index contributed by atoms with van der Waals surface area (Å²) in [5.74, 6) is -0.175. The third kappa shape index (κ3) is 4.02. The van der Waals surface area contributed by atoms with E-state index in [0.29, 0.717) is 18.7 Å². The molecule has 0 aliphatic carbocycles. The van der Waals surface area contributed by atoms with Gasteiger partial charge < -0.3 is 5.32 Å². The molecule has 2 rings (SSSR count). The minimum Gasteiger partial charge on any atom is -0.325 e. The predicted octanol–water partition coefficient (Wildman–Crippen LogP) is 1.81. The van der Waals surface area contributed by atoms with E-state index in [2.05, 4.69) is 21.2 Å². The van der Waals surface area contributed by atoms with Crippen LogP contribution >= 0.6 is 15.9 Å². The number of nitrogens with zero attached hydrogens (tertiary/aromatic N) is 1. The van der Waals surface area contributed by atoms with Crippen LogP contribution in [0.4, 0.5) is 5.69 Å². The van der Waals surface area contributed by atoms with E-state index in [9.17, 15) is 13.2 Å². The van der Waals surface area contributed by atoms with Crippen LogP contribution in [-0.2, 0) is 14.8 Å². The highest BCUT2D eigenvalue weighted by Crippen LogP contribution is 2.15. The Morgan fingerprint density at radius 2 is 1.95 bits per heavy atom. The summed E-state index contributed by atoms with van der Waals surface area (Å²) in [5.41, 5.74) is 0.655. The maximum absolute atomic E-state index is 11.8. The van der Waals surface area contributed by atoms with Crippen molar-refractivity contribution in [1.82, 2.24) is 4.31 Å². The monoisotopic (exact) mass is 346 g/mol. The van der Waals surface area contributed by atoms with Gasteiger partial charge in [-0.25, -0.2) is 8.42 Å². The Kier molecular flexibility index (Phi) is 4.59. The third-order valence-electron chi connectivity index (χ3n) is 2.90. The van der Waals surface area contributed by atoms with Crippen molar-refractivity contribution < 1.29 is 13.2 Å². The zero-order valence-electron chi connectivity index (χ0n) is 10.3. The van der Waals surface area contributed by atoms with Gasteiger partial charge in [0, 0.05) is 16.7 Å². The number of hydrogen-bond donors (Lipinski definition) is 1. The molecule has 1 N–H and O–H groups in total. The van der Waals surface area contributed by atoms with Gasteiger partial charge in [0.25, 0.3) is 0 Å². The first-order valence-corrected chi connectivity index (χ1v) is 8.41. The molecular weight excluding hydrogens is 332 g/mol. The van der Waals surface area contributed by atoms with Gasteiger partial charge in [0.05, 0.1) is 12.3 Å². The first kappa shape index (κ1) is 14.5. The fourth-order valence-electron chi connectivity index (χ4n) is 1.91. The number of sulfonamides is 1. The van der Waals surface area contributed by atoms with Crippen molar-refractivity contribution in [3.05, 3.63) is 28.7 Å². The van der Waals surface area contributed by atoms with Crippen LogP contribution in [0, 0.1) is 0 Å². The van der Waals surface area contributed by atoms with E-state index in [4.69, 9.17) is 0 Å². The lowest BCUT2D eigenvalue weighted by Gasteiger charge is -2.25. The molecule has 7 heteroatoms. The largest absolute Gasteiger partial charge is 0.325 e. The number of amides is 1. The quantitative estimate of drug-likeness (QED) is 0.907. The summed E-state index contributed by atoms with van der Waals surface area (Å²) in [6, 6.07) is 7.14. The first-order valence-electron chi connectivity index (χ1n) is 6.01. The van der Waals surface area contributed by atoms with Crippen LogP contribution in [0.2, 0.25) is 0 Å². The van der Waals surface area contributed by atoms with Crippen LogP contribution in [0.5, 0.6) is 0 Å². The highest BCUT2D eigenvalue weighted by Gasteiger charge is 2.27. The van der Waals surface area contributed by atoms with Crippen molar-refractivity contribution in [2.45, 2.75) is 12.8 Å². The van der Waals surface area contributed by atoms with Gasteiger partial charge >= 0.3 is 0 Å². The predicted molar refractivity (Wildman–Crippen MR) is 77.4 cm³/mol. The smallest absolute Gasteiger partial charge is 0.239 e. The molecule has 1 amide bonds. The number of nitrogens with one attached hydrogen (secondary N) is 1. The Morgan fingerprint density at radius 1 is 1.26 bits per heavy atom. The molecule has 0 aromatic heterocycles. The fourth-order valence-corrected chi connectivity index (χ4v) is 3.72. The Balaban J connectivity index is 1.96. The van der Waals surface area contributed by atoms with Crippen LogP contribution in [-0.4, -0.2) is 37.5 Å². The molecule has 1 saturated heterocycles. The number of carbonyl (C=O) groups excluding carboxylic acids is 1. The van der Waals surface area contributed by atoms with E-state index in [1.54, 1.807) is 12.1 Å². The summed E-state index contributed by atoms with van der Waals surface area (Å²) in [6.07, 6.45) is 1.48. The lowest BCUT2D eigenvalue weighted by Crippen LogP contribution is -2.42. The lowest BCUT2D eigenvalue weighted by atomic mass is 10.3. The second-order valence-corrected chi connectivity index (χ2v) is 7.42. The average Bonchev–Trinajstić information content (AvgIpc) is 2.35. The van der Waals surface area contributed by atoms with Crippen LogP contribution in [0.25, 0.3) is 0 Å². The van der Waals surface area contributed by atoms with Gasteiger partial charge in [-0.05, 0) is 37.1 Å². The number of benzene rings is 1. The number of halogens is 1. The van der Waals surface area contributed by atoms with Crippen LogP contribution < -0.4 is 5.32 Å². The molecule has 0 spiro atoms. The molecule has 5 nitrogen and oxygen atoms in total. The molecule has 1 aromatic rings. The molecule has 1 aromatic carbocycles. The maximum atomic E-state index is 11.8. The number of hydrogen-bond acceptors (Lipinski definition) is 3. The van der Waals surface area contributed by atoms with Gasteiger partial charge in [0.15, 0.2) is 0 Å². The summed E-state index contributed by atoms with van der Waals surface area (Å²) in [4.78, 5) is 11.8. The van der Waals surface area contributed by atoms with E-state index >= 15 is 0 Å². The maximum Gasteiger partial charge on any atom is 0.239 e. The van der Waals surface area contributed by atoms with E-state index in [-0.39, 0.29) is 18.2 Å². The highest BCUT2D eigenvalue weighted by molar-refractivity contribution is 9.10. The number of anilines is 1. The van der Waals surface area contributed by atoms with Crippen molar-refractivity contribution in [1.29, 1.82) is 0 Å². The summed E-state index contributed by atoms with van der Waals surface area (Å²) in [7, 11) is -3.25. The molecule has 1 heterocycles. The van der Waals surface area contributed by atoms with Crippen molar-refractivity contribution in [2.75, 3.05) is 24.2 Å². The van der Waals surface area contributed by atoms with Gasteiger partial charge in [-0.15, -0.1) is 0 Å². The second kappa shape index (κ2) is 6.02. The van der Waals surface area contributed by atoms with E-state index in [0.717, 1.165) is 10.9 Å². The third-order valence-corrected chi connectivity index (χ3v) is 5.33. The fraction of sp³-hybridized carbons (Fsp3) is 0.417. The summed E-state index contributed by atoms with van der Waals surface area (Å²) >= 11 is 3.31. The second-order valence-electron chi connectivity index (χ2n) is 4.41. The summed E-state index contributed by atoms with van der Waals surface area (Å²) < 4.78 is 25.7. The van der Waals surface area contributed by atoms with Gasteiger partial charge in [-0.2, -0.15) is 4.31 Å². The molecule has 1 aliphatic rings. The molecule has 1 aliphatic heterocycles. The molecular formula is C12H15BrN2O3S. The zero-order chi connectivity index (χ0) is 13.9. The number of carbonyl (C=O) groups is 1. The molecule has 19 heavy (non-hydrogen) atoms. The minimum absolute atomic E-state index is 0.113. The van der Waals surface area contributed by atoms with Crippen molar-refractivity contribution in [3.8, 4) is 0 Å². The summed E-state index contributed by atoms with van der Waals surface area (Å²) in [5, 5.41) is 2.69. The lowest BCUT2D eigenvalue weighted by molar-refractivity contribution is -0.116. The van der Waals surface area contributed by atoms with Crippen LogP contribution in [0.15, 0.2) is 28.7 Å². The standard InChI is InChI=1S/C12H15BrN2O3S/c13-10-3-5-11(6-4-10)14-12(16)9-15-7-1-2-8-19(15,17)18/h3-6H,1-2,7-9H2,(H,14,16). The summed E-state index contributed by atoms with van der Waals surface area (Å²) in [6.45, 7) is 0.314. The molecule has 0 radical (unpaired) electrons. The van der Waals surface area contributed by atoms with E-state index in [1.807, 2.05) is 12.1 Å². The van der Waals surface area contributed by atoms with E-state index in [1.165, 1.54) is 4.31 Å². The molecule has 0 atom stereocenters. The first-order chi connectivity index (χ1) is 8.97.